The molecule has 6 nitrogen and oxygen atoms in total. The number of hydrogen-bond acceptors (Lipinski definition) is 4. The van der Waals surface area contributed by atoms with Crippen molar-refractivity contribution in [3.8, 4) is 0 Å². The van der Waals surface area contributed by atoms with Crippen molar-refractivity contribution in [2.24, 2.45) is 5.41 Å². The van der Waals surface area contributed by atoms with Crippen molar-refractivity contribution in [1.29, 1.82) is 0 Å². The number of hydrogen-bond donors (Lipinski definition) is 2. The number of carboxylic acid groups (broad SMARTS) is 1. The van der Waals surface area contributed by atoms with Crippen LogP contribution in [0.2, 0.25) is 0 Å². The third-order valence-corrected chi connectivity index (χ3v) is 5.49. The molecule has 2 unspecified atom stereocenters. The van der Waals surface area contributed by atoms with Gasteiger partial charge in [0, 0.05) is 24.3 Å². The molecule has 0 radical (unpaired) electrons. The van der Waals surface area contributed by atoms with Crippen LogP contribution in [-0.2, 0) is 4.74 Å². The molecule has 2 aliphatic rings. The maximum atomic E-state index is 12.5. The second-order valence-corrected chi connectivity index (χ2v) is 6.74. The van der Waals surface area contributed by atoms with Gasteiger partial charge in [0.05, 0.1) is 11.7 Å². The van der Waals surface area contributed by atoms with Gasteiger partial charge in [-0.2, -0.15) is 0 Å². The summed E-state index contributed by atoms with van der Waals surface area (Å²) >= 11 is 0. The van der Waals surface area contributed by atoms with E-state index < -0.39 is 5.97 Å². The molecule has 24 heavy (non-hydrogen) atoms. The van der Waals surface area contributed by atoms with Crippen molar-refractivity contribution in [3.05, 3.63) is 29.6 Å². The molecular formula is C18H24N2O4. The highest BCUT2D eigenvalue weighted by atomic mass is 16.5. The molecule has 1 spiro atoms. The topological polar surface area (TPSA) is 88.5 Å². The number of nitrogens with one attached hydrogen (secondary N) is 1. The molecule has 1 aromatic rings. The van der Waals surface area contributed by atoms with Crippen LogP contribution < -0.4 is 5.32 Å². The van der Waals surface area contributed by atoms with Crippen molar-refractivity contribution in [2.45, 2.75) is 57.6 Å². The summed E-state index contributed by atoms with van der Waals surface area (Å²) in [5.41, 5.74) is 0.402. The Hall–Kier alpha value is -1.95. The summed E-state index contributed by atoms with van der Waals surface area (Å²) in [6.07, 6.45) is 8.22. The number of aromatic nitrogens is 1. The Labute approximate surface area is 141 Å². The molecule has 0 aromatic carbocycles. The zero-order valence-electron chi connectivity index (χ0n) is 14.0. The fraction of sp³-hybridized carbons (Fsp3) is 0.611. The van der Waals surface area contributed by atoms with Gasteiger partial charge in [0.2, 0.25) is 0 Å². The number of amides is 1. The number of rotatable bonds is 5. The van der Waals surface area contributed by atoms with E-state index >= 15 is 0 Å². The minimum Gasteiger partial charge on any atom is -0.477 e. The third-order valence-electron chi connectivity index (χ3n) is 5.49. The second kappa shape index (κ2) is 6.89. The van der Waals surface area contributed by atoms with Crippen molar-refractivity contribution in [1.82, 2.24) is 10.3 Å². The van der Waals surface area contributed by atoms with Gasteiger partial charge in [-0.3, -0.25) is 4.79 Å². The molecule has 1 aromatic heterocycles. The van der Waals surface area contributed by atoms with E-state index in [2.05, 4.69) is 10.3 Å². The van der Waals surface area contributed by atoms with E-state index in [9.17, 15) is 9.59 Å². The Morgan fingerprint density at radius 1 is 1.33 bits per heavy atom. The minimum absolute atomic E-state index is 0.0599. The first-order valence-electron chi connectivity index (χ1n) is 8.68. The molecule has 6 heteroatoms. The summed E-state index contributed by atoms with van der Waals surface area (Å²) in [5.74, 6) is -1.29. The van der Waals surface area contributed by atoms with Crippen LogP contribution in [0.1, 0.15) is 66.3 Å². The van der Waals surface area contributed by atoms with Crippen molar-refractivity contribution < 1.29 is 19.4 Å². The van der Waals surface area contributed by atoms with Gasteiger partial charge < -0.3 is 15.2 Å². The predicted octanol–water partition coefficient (Wildman–Crippen LogP) is 2.64. The molecule has 2 N–H and O–H groups in total. The highest BCUT2D eigenvalue weighted by Gasteiger charge is 2.56. The summed E-state index contributed by atoms with van der Waals surface area (Å²) in [4.78, 5) is 27.1. The first-order chi connectivity index (χ1) is 11.6. The maximum Gasteiger partial charge on any atom is 0.354 e. The maximum absolute atomic E-state index is 12.5. The summed E-state index contributed by atoms with van der Waals surface area (Å²) in [6, 6.07) is 3.00. The molecule has 0 aliphatic heterocycles. The predicted molar refractivity (Wildman–Crippen MR) is 88.0 cm³/mol. The largest absolute Gasteiger partial charge is 0.477 e. The monoisotopic (exact) mass is 332 g/mol. The standard InChI is InChI=1S/C18H24N2O4/c1-2-24-15-10-14(18(15)8-4-3-5-9-18)20-16(21)12-6-7-13(17(22)23)19-11-12/h6-7,11,14-15H,2-5,8-10H2,1H3,(H,20,21)(H,22,23). The second-order valence-electron chi connectivity index (χ2n) is 6.74. The van der Waals surface area contributed by atoms with E-state index in [0.29, 0.717) is 12.2 Å². The van der Waals surface area contributed by atoms with Gasteiger partial charge in [-0.25, -0.2) is 9.78 Å². The molecule has 0 bridgehead atoms. The van der Waals surface area contributed by atoms with Gasteiger partial charge in [0.15, 0.2) is 0 Å². The number of carbonyl (C=O) groups is 2. The average Bonchev–Trinajstić information content (AvgIpc) is 2.61. The molecule has 3 rings (SSSR count). The molecule has 2 saturated carbocycles. The van der Waals surface area contributed by atoms with Crippen LogP contribution in [0, 0.1) is 5.41 Å². The smallest absolute Gasteiger partial charge is 0.354 e. The first kappa shape index (κ1) is 16.9. The fourth-order valence-electron chi connectivity index (χ4n) is 4.16. The van der Waals surface area contributed by atoms with Crippen molar-refractivity contribution in [3.63, 3.8) is 0 Å². The van der Waals surface area contributed by atoms with Crippen molar-refractivity contribution in [2.75, 3.05) is 6.61 Å². The number of nitrogens with zero attached hydrogens (tertiary/aromatic N) is 1. The van der Waals surface area contributed by atoms with Gasteiger partial charge in [-0.05, 0) is 38.3 Å². The lowest BCUT2D eigenvalue weighted by molar-refractivity contribution is -0.146. The van der Waals surface area contributed by atoms with Crippen LogP contribution in [0.25, 0.3) is 0 Å². The van der Waals surface area contributed by atoms with Gasteiger partial charge in [0.1, 0.15) is 5.69 Å². The van der Waals surface area contributed by atoms with E-state index in [1.807, 2.05) is 6.92 Å². The van der Waals surface area contributed by atoms with E-state index in [-0.39, 0.29) is 29.2 Å². The zero-order chi connectivity index (χ0) is 17.2. The SMILES string of the molecule is CCOC1CC(NC(=O)c2ccc(C(=O)O)nc2)C12CCCCC2. The lowest BCUT2D eigenvalue weighted by Crippen LogP contribution is -2.65. The van der Waals surface area contributed by atoms with Crippen LogP contribution in [0.3, 0.4) is 0 Å². The Balaban J connectivity index is 1.68. The molecule has 130 valence electrons. The summed E-state index contributed by atoms with van der Waals surface area (Å²) in [6.45, 7) is 2.71. The molecule has 1 amide bonds. The quantitative estimate of drug-likeness (QED) is 0.865. The number of carbonyl (C=O) groups excluding carboxylic acids is 1. The van der Waals surface area contributed by atoms with Gasteiger partial charge in [0.25, 0.3) is 5.91 Å². The molecule has 2 fully saturated rings. The van der Waals surface area contributed by atoms with E-state index in [4.69, 9.17) is 9.84 Å². The molecule has 0 saturated heterocycles. The van der Waals surface area contributed by atoms with E-state index in [1.54, 1.807) is 0 Å². The first-order valence-corrected chi connectivity index (χ1v) is 8.68. The van der Waals surface area contributed by atoms with Crippen LogP contribution in [-0.4, -0.2) is 40.7 Å². The third kappa shape index (κ3) is 3.02. The van der Waals surface area contributed by atoms with E-state index in [1.165, 1.54) is 37.6 Å². The normalized spacial score (nSPS) is 25.0. The lowest BCUT2D eigenvalue weighted by atomic mass is 9.55. The molecule has 2 aliphatic carbocycles. The van der Waals surface area contributed by atoms with Crippen LogP contribution in [0.4, 0.5) is 0 Å². The molecular weight excluding hydrogens is 308 g/mol. The number of pyridine rings is 1. The van der Waals surface area contributed by atoms with Gasteiger partial charge >= 0.3 is 5.97 Å². The Kier molecular flexibility index (Phi) is 4.85. The molecule has 2 atom stereocenters. The summed E-state index contributed by atoms with van der Waals surface area (Å²) in [5, 5.41) is 12.0. The zero-order valence-corrected chi connectivity index (χ0v) is 14.0. The lowest BCUT2D eigenvalue weighted by Gasteiger charge is -2.57. The fourth-order valence-corrected chi connectivity index (χ4v) is 4.16. The number of ether oxygens (including phenoxy) is 1. The van der Waals surface area contributed by atoms with Crippen LogP contribution in [0.15, 0.2) is 18.3 Å². The summed E-state index contributed by atoms with van der Waals surface area (Å²) < 4.78 is 5.90. The Morgan fingerprint density at radius 2 is 2.08 bits per heavy atom. The highest BCUT2D eigenvalue weighted by Crippen LogP contribution is 2.53. The van der Waals surface area contributed by atoms with Crippen molar-refractivity contribution >= 4 is 11.9 Å². The van der Waals surface area contributed by atoms with E-state index in [0.717, 1.165) is 19.3 Å². The highest BCUT2D eigenvalue weighted by molar-refractivity contribution is 5.95. The minimum atomic E-state index is -1.10. The number of aromatic carboxylic acids is 1. The number of carboxylic acids is 1. The average molecular weight is 332 g/mol. The van der Waals surface area contributed by atoms with Gasteiger partial charge in [-0.15, -0.1) is 0 Å². The molecule has 1 heterocycles. The van der Waals surface area contributed by atoms with Crippen LogP contribution >= 0.6 is 0 Å². The Bertz CT molecular complexity index is 608. The van der Waals surface area contributed by atoms with Gasteiger partial charge in [-0.1, -0.05) is 19.3 Å². The summed E-state index contributed by atoms with van der Waals surface area (Å²) in [7, 11) is 0. The van der Waals surface area contributed by atoms with Crippen LogP contribution in [0.5, 0.6) is 0 Å². The Morgan fingerprint density at radius 3 is 2.67 bits per heavy atom.